The minimum atomic E-state index is -0.926. The van der Waals surface area contributed by atoms with Crippen LogP contribution in [-0.2, 0) is 4.74 Å². The minimum absolute atomic E-state index is 0.268. The molecule has 0 unspecified atom stereocenters. The van der Waals surface area contributed by atoms with E-state index in [0.29, 0.717) is 12.4 Å². The first-order chi connectivity index (χ1) is 9.13. The van der Waals surface area contributed by atoms with Crippen molar-refractivity contribution in [1.82, 2.24) is 4.90 Å². The maximum Gasteiger partial charge on any atom is 0.335 e. The summed E-state index contributed by atoms with van der Waals surface area (Å²) in [5, 5.41) is 8.77. The van der Waals surface area contributed by atoms with E-state index in [0.717, 1.165) is 26.1 Å². The smallest absolute Gasteiger partial charge is 0.335 e. The molecule has 1 aromatic rings. The molecule has 1 rings (SSSR count). The largest absolute Gasteiger partial charge is 0.492 e. The summed E-state index contributed by atoms with van der Waals surface area (Å²) in [4.78, 5) is 12.9. The van der Waals surface area contributed by atoms with Crippen molar-refractivity contribution >= 4 is 5.97 Å². The Bertz CT molecular complexity index is 378. The molecule has 0 aliphatic heterocycles. The van der Waals surface area contributed by atoms with Crippen LogP contribution in [0.5, 0.6) is 5.75 Å². The molecule has 0 saturated carbocycles. The Morgan fingerprint density at radius 1 is 1.21 bits per heavy atom. The van der Waals surface area contributed by atoms with Crippen molar-refractivity contribution in [2.75, 3.05) is 40.5 Å². The molecule has 5 heteroatoms. The number of nitrogens with zero attached hydrogens (tertiary/aromatic N) is 1. The van der Waals surface area contributed by atoms with Crippen molar-refractivity contribution < 1.29 is 19.4 Å². The normalized spacial score (nSPS) is 10.7. The molecule has 0 fully saturated rings. The summed E-state index contributed by atoms with van der Waals surface area (Å²) in [6.45, 7) is 3.14. The second-order valence-electron chi connectivity index (χ2n) is 4.33. The van der Waals surface area contributed by atoms with E-state index in [1.165, 1.54) is 0 Å². The van der Waals surface area contributed by atoms with Crippen LogP contribution in [0, 0.1) is 0 Å². The zero-order valence-corrected chi connectivity index (χ0v) is 11.5. The predicted octanol–water partition coefficient (Wildman–Crippen LogP) is 1.73. The third-order valence-corrected chi connectivity index (χ3v) is 2.73. The number of carbonyl (C=O) groups is 1. The number of rotatable bonds is 9. The lowest BCUT2D eigenvalue weighted by Gasteiger charge is -2.16. The van der Waals surface area contributed by atoms with Crippen LogP contribution in [0.3, 0.4) is 0 Å². The number of benzene rings is 1. The highest BCUT2D eigenvalue weighted by Gasteiger charge is 2.03. The highest BCUT2D eigenvalue weighted by molar-refractivity contribution is 5.87. The molecule has 1 N–H and O–H groups in total. The van der Waals surface area contributed by atoms with Gasteiger partial charge in [-0.25, -0.2) is 4.79 Å². The Hall–Kier alpha value is -1.59. The molecule has 0 atom stereocenters. The topological polar surface area (TPSA) is 59.0 Å². The monoisotopic (exact) mass is 267 g/mol. The summed E-state index contributed by atoms with van der Waals surface area (Å²) in [6, 6.07) is 6.43. The standard InChI is InChI=1S/C14H21NO4/c1-15(8-3-10-18-2)9-11-19-13-6-4-12(5-7-13)14(16)17/h4-7H,3,8-11H2,1-2H3,(H,16,17). The van der Waals surface area contributed by atoms with E-state index in [1.54, 1.807) is 31.4 Å². The van der Waals surface area contributed by atoms with Gasteiger partial charge in [0, 0.05) is 26.8 Å². The average molecular weight is 267 g/mol. The summed E-state index contributed by atoms with van der Waals surface area (Å²) in [7, 11) is 3.73. The Kier molecular flexibility index (Phi) is 6.92. The van der Waals surface area contributed by atoms with Crippen molar-refractivity contribution in [1.29, 1.82) is 0 Å². The van der Waals surface area contributed by atoms with Gasteiger partial charge >= 0.3 is 5.97 Å². The van der Waals surface area contributed by atoms with Crippen LogP contribution in [0.4, 0.5) is 0 Å². The van der Waals surface area contributed by atoms with Crippen molar-refractivity contribution in [2.45, 2.75) is 6.42 Å². The number of likely N-dealkylation sites (N-methyl/N-ethyl adjacent to an activating group) is 1. The average Bonchev–Trinajstić information content (AvgIpc) is 2.39. The lowest BCUT2D eigenvalue weighted by Crippen LogP contribution is -2.26. The van der Waals surface area contributed by atoms with Gasteiger partial charge in [-0.1, -0.05) is 0 Å². The lowest BCUT2D eigenvalue weighted by atomic mass is 10.2. The quantitative estimate of drug-likeness (QED) is 0.690. The molecular formula is C14H21NO4. The molecule has 0 radical (unpaired) electrons. The van der Waals surface area contributed by atoms with Gasteiger partial charge < -0.3 is 19.5 Å². The number of carboxylic acid groups (broad SMARTS) is 1. The van der Waals surface area contributed by atoms with Crippen molar-refractivity contribution in [3.05, 3.63) is 29.8 Å². The van der Waals surface area contributed by atoms with E-state index in [-0.39, 0.29) is 5.56 Å². The molecule has 0 amide bonds. The van der Waals surface area contributed by atoms with Gasteiger partial charge in [-0.15, -0.1) is 0 Å². The lowest BCUT2D eigenvalue weighted by molar-refractivity contribution is 0.0697. The van der Waals surface area contributed by atoms with Gasteiger partial charge in [0.2, 0.25) is 0 Å². The van der Waals surface area contributed by atoms with Gasteiger partial charge in [-0.05, 0) is 37.7 Å². The Labute approximate surface area is 113 Å². The van der Waals surface area contributed by atoms with E-state index >= 15 is 0 Å². The van der Waals surface area contributed by atoms with Gasteiger partial charge in [0.25, 0.3) is 0 Å². The van der Waals surface area contributed by atoms with Crippen LogP contribution in [-0.4, -0.2) is 56.4 Å². The van der Waals surface area contributed by atoms with Crippen LogP contribution in [0.2, 0.25) is 0 Å². The van der Waals surface area contributed by atoms with Crippen LogP contribution in [0.25, 0.3) is 0 Å². The van der Waals surface area contributed by atoms with Crippen LogP contribution in [0.1, 0.15) is 16.8 Å². The SMILES string of the molecule is COCCCN(C)CCOc1ccc(C(=O)O)cc1. The van der Waals surface area contributed by atoms with E-state index < -0.39 is 5.97 Å². The van der Waals surface area contributed by atoms with Gasteiger partial charge in [-0.3, -0.25) is 0 Å². The second kappa shape index (κ2) is 8.50. The van der Waals surface area contributed by atoms with Gasteiger partial charge in [0.15, 0.2) is 0 Å². The first-order valence-corrected chi connectivity index (χ1v) is 6.27. The molecule has 0 aliphatic carbocycles. The van der Waals surface area contributed by atoms with E-state index in [1.807, 2.05) is 7.05 Å². The van der Waals surface area contributed by atoms with Crippen LogP contribution >= 0.6 is 0 Å². The number of hydrogen-bond donors (Lipinski definition) is 1. The van der Waals surface area contributed by atoms with E-state index in [9.17, 15) is 4.79 Å². The number of methoxy groups -OCH3 is 1. The molecule has 0 aliphatic rings. The summed E-state index contributed by atoms with van der Waals surface area (Å²) in [5.74, 6) is -0.236. The Morgan fingerprint density at radius 3 is 2.47 bits per heavy atom. The predicted molar refractivity (Wildman–Crippen MR) is 72.9 cm³/mol. The van der Waals surface area contributed by atoms with Gasteiger partial charge in [0.1, 0.15) is 12.4 Å². The van der Waals surface area contributed by atoms with E-state index in [2.05, 4.69) is 4.90 Å². The minimum Gasteiger partial charge on any atom is -0.492 e. The highest BCUT2D eigenvalue weighted by atomic mass is 16.5. The number of hydrogen-bond acceptors (Lipinski definition) is 4. The molecule has 106 valence electrons. The summed E-state index contributed by atoms with van der Waals surface area (Å²) >= 11 is 0. The van der Waals surface area contributed by atoms with Crippen molar-refractivity contribution in [3.63, 3.8) is 0 Å². The second-order valence-corrected chi connectivity index (χ2v) is 4.33. The maximum atomic E-state index is 10.7. The number of carboxylic acids is 1. The molecule has 0 spiro atoms. The first kappa shape index (κ1) is 15.5. The fraction of sp³-hybridized carbons (Fsp3) is 0.500. The van der Waals surface area contributed by atoms with Gasteiger partial charge in [0.05, 0.1) is 5.56 Å². The maximum absolute atomic E-state index is 10.7. The molecule has 19 heavy (non-hydrogen) atoms. The molecule has 0 bridgehead atoms. The van der Waals surface area contributed by atoms with Crippen molar-refractivity contribution in [3.8, 4) is 5.75 Å². The zero-order valence-electron chi connectivity index (χ0n) is 11.5. The molecule has 0 aromatic heterocycles. The highest BCUT2D eigenvalue weighted by Crippen LogP contribution is 2.12. The van der Waals surface area contributed by atoms with Gasteiger partial charge in [-0.2, -0.15) is 0 Å². The molecule has 0 saturated heterocycles. The summed E-state index contributed by atoms with van der Waals surface area (Å²) < 4.78 is 10.5. The van der Waals surface area contributed by atoms with Crippen LogP contribution in [0.15, 0.2) is 24.3 Å². The fourth-order valence-corrected chi connectivity index (χ4v) is 1.60. The molecule has 0 heterocycles. The van der Waals surface area contributed by atoms with Crippen molar-refractivity contribution in [2.24, 2.45) is 0 Å². The third kappa shape index (κ3) is 6.22. The first-order valence-electron chi connectivity index (χ1n) is 6.27. The Morgan fingerprint density at radius 2 is 1.89 bits per heavy atom. The van der Waals surface area contributed by atoms with Crippen LogP contribution < -0.4 is 4.74 Å². The third-order valence-electron chi connectivity index (χ3n) is 2.73. The van der Waals surface area contributed by atoms with E-state index in [4.69, 9.17) is 14.6 Å². The summed E-state index contributed by atoms with van der Waals surface area (Å²) in [5.41, 5.74) is 0.268. The zero-order chi connectivity index (χ0) is 14.1. The molecular weight excluding hydrogens is 246 g/mol. The molecule has 1 aromatic carbocycles. The molecule has 5 nitrogen and oxygen atoms in total. The fourth-order valence-electron chi connectivity index (χ4n) is 1.60. The Balaban J connectivity index is 2.23. The summed E-state index contributed by atoms with van der Waals surface area (Å²) in [6.07, 6.45) is 1.00. The number of aromatic carboxylic acids is 1. The number of ether oxygens (including phenoxy) is 2.